The molecule has 1 aliphatic rings. The lowest BCUT2D eigenvalue weighted by atomic mass is 10.1. The Hall–Kier alpha value is -1.09. The summed E-state index contributed by atoms with van der Waals surface area (Å²) in [4.78, 5) is 4.11. The van der Waals surface area contributed by atoms with E-state index in [1.54, 1.807) is 6.20 Å². The summed E-state index contributed by atoms with van der Waals surface area (Å²) in [6.45, 7) is 1.80. The lowest BCUT2D eigenvalue weighted by Gasteiger charge is -2.21. The number of aromatic nitrogens is 1. The second-order valence-corrected chi connectivity index (χ2v) is 3.18. The second kappa shape index (κ2) is 4.23. The molecule has 2 heterocycles. The number of hydrogen-bond donors (Lipinski definition) is 0. The lowest BCUT2D eigenvalue weighted by Crippen LogP contribution is -2.33. The van der Waals surface area contributed by atoms with Crippen LogP contribution in [0, 0.1) is 0 Å². The van der Waals surface area contributed by atoms with Gasteiger partial charge < -0.3 is 4.74 Å². The minimum Gasteiger partial charge on any atom is -0.473 e. The summed E-state index contributed by atoms with van der Waals surface area (Å²) in [7, 11) is 0. The predicted octanol–water partition coefficient (Wildman–Crippen LogP) is 1.23. The van der Waals surface area contributed by atoms with Crippen molar-refractivity contribution in [2.24, 2.45) is 0 Å². The molecule has 69 valence electrons. The highest BCUT2D eigenvalue weighted by molar-refractivity contribution is 5.09. The lowest BCUT2D eigenvalue weighted by molar-refractivity contribution is 0.159. The van der Waals surface area contributed by atoms with Crippen LogP contribution in [0.4, 0.5) is 0 Å². The Bertz CT molecular complexity index is 244. The molecule has 1 fully saturated rings. The van der Waals surface area contributed by atoms with Gasteiger partial charge in [-0.25, -0.2) is 10.3 Å². The van der Waals surface area contributed by atoms with E-state index in [0.29, 0.717) is 5.88 Å². The van der Waals surface area contributed by atoms with E-state index in [1.807, 2.05) is 18.2 Å². The average molecular weight is 177 g/mol. The van der Waals surface area contributed by atoms with Gasteiger partial charge in [0, 0.05) is 18.8 Å². The first-order valence-corrected chi connectivity index (χ1v) is 4.66. The van der Waals surface area contributed by atoms with E-state index in [-0.39, 0.29) is 6.10 Å². The zero-order chi connectivity index (χ0) is 8.93. The molecule has 1 aliphatic heterocycles. The molecule has 0 spiro atoms. The van der Waals surface area contributed by atoms with Crippen LogP contribution >= 0.6 is 0 Å². The number of hydrogen-bond acceptors (Lipinski definition) is 2. The minimum atomic E-state index is 0.239. The van der Waals surface area contributed by atoms with Crippen LogP contribution in [-0.4, -0.2) is 24.2 Å². The minimum absolute atomic E-state index is 0.239. The van der Waals surface area contributed by atoms with E-state index in [0.717, 1.165) is 25.9 Å². The number of pyridine rings is 1. The van der Waals surface area contributed by atoms with E-state index in [1.165, 1.54) is 0 Å². The van der Waals surface area contributed by atoms with E-state index in [2.05, 4.69) is 10.3 Å². The third-order valence-electron chi connectivity index (χ3n) is 2.10. The maximum absolute atomic E-state index is 5.65. The van der Waals surface area contributed by atoms with Crippen LogP contribution in [0.3, 0.4) is 0 Å². The van der Waals surface area contributed by atoms with Gasteiger partial charge in [0.2, 0.25) is 5.88 Å². The van der Waals surface area contributed by atoms with Crippen molar-refractivity contribution >= 4 is 0 Å². The van der Waals surface area contributed by atoms with Crippen molar-refractivity contribution in [2.45, 2.75) is 18.9 Å². The molecule has 0 aliphatic carbocycles. The summed E-state index contributed by atoms with van der Waals surface area (Å²) in [6, 6.07) is 5.70. The van der Waals surface area contributed by atoms with Gasteiger partial charge in [-0.05, 0) is 18.9 Å². The maximum Gasteiger partial charge on any atom is 0.213 e. The Morgan fingerprint density at radius 3 is 3.08 bits per heavy atom. The summed E-state index contributed by atoms with van der Waals surface area (Å²) in [5, 5.41) is 4.30. The van der Waals surface area contributed by atoms with Gasteiger partial charge in [0.05, 0.1) is 6.54 Å². The second-order valence-electron chi connectivity index (χ2n) is 3.18. The summed E-state index contributed by atoms with van der Waals surface area (Å²) in [5.74, 6) is 0.713. The topological polar surface area (TPSA) is 36.2 Å². The fourth-order valence-corrected chi connectivity index (χ4v) is 1.44. The van der Waals surface area contributed by atoms with E-state index < -0.39 is 0 Å². The van der Waals surface area contributed by atoms with Crippen LogP contribution in [0.15, 0.2) is 24.4 Å². The molecule has 1 atom stereocenters. The Labute approximate surface area is 78.1 Å². The van der Waals surface area contributed by atoms with Crippen LogP contribution in [0.1, 0.15) is 12.8 Å². The SMILES string of the molecule is c1ccc(OC2CCC[N]C2)nc1. The van der Waals surface area contributed by atoms with Gasteiger partial charge in [-0.2, -0.15) is 0 Å². The number of piperidine rings is 1. The molecule has 1 unspecified atom stereocenters. The first-order chi connectivity index (χ1) is 6.45. The molecule has 1 saturated heterocycles. The summed E-state index contributed by atoms with van der Waals surface area (Å²) < 4.78 is 5.65. The smallest absolute Gasteiger partial charge is 0.213 e. The van der Waals surface area contributed by atoms with Crippen LogP contribution < -0.4 is 10.1 Å². The zero-order valence-corrected chi connectivity index (χ0v) is 7.52. The molecule has 3 nitrogen and oxygen atoms in total. The Morgan fingerprint density at radius 1 is 1.38 bits per heavy atom. The molecular weight excluding hydrogens is 164 g/mol. The Morgan fingerprint density at radius 2 is 2.38 bits per heavy atom. The first-order valence-electron chi connectivity index (χ1n) is 4.66. The molecule has 1 aromatic heterocycles. The quantitative estimate of drug-likeness (QED) is 0.681. The summed E-state index contributed by atoms with van der Waals surface area (Å²) >= 11 is 0. The standard InChI is InChI=1S/C10H13N2O/c1-2-7-12-10(5-1)13-9-4-3-6-11-8-9/h1-2,5,7,9H,3-4,6,8H2. The third kappa shape index (κ3) is 2.42. The Kier molecular flexibility index (Phi) is 2.77. The molecule has 0 N–H and O–H groups in total. The fraction of sp³-hybridized carbons (Fsp3) is 0.500. The van der Waals surface area contributed by atoms with Gasteiger partial charge in [0.1, 0.15) is 6.10 Å². The molecule has 3 heteroatoms. The van der Waals surface area contributed by atoms with Crippen LogP contribution in [0.2, 0.25) is 0 Å². The van der Waals surface area contributed by atoms with Crippen molar-refractivity contribution in [1.29, 1.82) is 0 Å². The average Bonchev–Trinajstić information content (AvgIpc) is 2.21. The van der Waals surface area contributed by atoms with Crippen molar-refractivity contribution < 1.29 is 4.74 Å². The molecule has 0 amide bonds. The third-order valence-corrected chi connectivity index (χ3v) is 2.10. The monoisotopic (exact) mass is 177 g/mol. The van der Waals surface area contributed by atoms with E-state index in [9.17, 15) is 0 Å². The van der Waals surface area contributed by atoms with Crippen molar-refractivity contribution in [3.8, 4) is 5.88 Å². The molecule has 13 heavy (non-hydrogen) atoms. The zero-order valence-electron chi connectivity index (χ0n) is 7.52. The molecule has 0 aromatic carbocycles. The highest BCUT2D eigenvalue weighted by atomic mass is 16.5. The fourth-order valence-electron chi connectivity index (χ4n) is 1.44. The van der Waals surface area contributed by atoms with Crippen LogP contribution in [-0.2, 0) is 0 Å². The molecular formula is C10H13N2O. The van der Waals surface area contributed by atoms with Crippen molar-refractivity contribution in [1.82, 2.24) is 10.3 Å². The first kappa shape index (κ1) is 8.51. The predicted molar refractivity (Wildman–Crippen MR) is 49.8 cm³/mol. The van der Waals surface area contributed by atoms with Gasteiger partial charge in [0.25, 0.3) is 0 Å². The van der Waals surface area contributed by atoms with Crippen molar-refractivity contribution in [2.75, 3.05) is 13.1 Å². The van der Waals surface area contributed by atoms with Gasteiger partial charge in [-0.3, -0.25) is 0 Å². The van der Waals surface area contributed by atoms with Crippen LogP contribution in [0.25, 0.3) is 0 Å². The molecule has 2 rings (SSSR count). The normalized spacial score (nSPS) is 22.6. The molecule has 1 aromatic rings. The van der Waals surface area contributed by atoms with E-state index in [4.69, 9.17) is 4.74 Å². The molecule has 1 radical (unpaired) electrons. The van der Waals surface area contributed by atoms with Crippen molar-refractivity contribution in [3.63, 3.8) is 0 Å². The molecule has 0 bridgehead atoms. The van der Waals surface area contributed by atoms with E-state index >= 15 is 0 Å². The van der Waals surface area contributed by atoms with Crippen LogP contribution in [0.5, 0.6) is 5.88 Å². The van der Waals surface area contributed by atoms with Gasteiger partial charge in [-0.1, -0.05) is 6.07 Å². The van der Waals surface area contributed by atoms with Crippen molar-refractivity contribution in [3.05, 3.63) is 24.4 Å². The number of nitrogens with zero attached hydrogens (tertiary/aromatic N) is 2. The highest BCUT2D eigenvalue weighted by Gasteiger charge is 2.15. The summed E-state index contributed by atoms with van der Waals surface area (Å²) in [6.07, 6.45) is 4.22. The highest BCUT2D eigenvalue weighted by Crippen LogP contribution is 2.12. The maximum atomic E-state index is 5.65. The Balaban J connectivity index is 1.90. The largest absolute Gasteiger partial charge is 0.473 e. The molecule has 0 saturated carbocycles. The number of ether oxygens (including phenoxy) is 1. The summed E-state index contributed by atoms with van der Waals surface area (Å²) in [5.41, 5.74) is 0. The number of rotatable bonds is 2. The van der Waals surface area contributed by atoms with Gasteiger partial charge in [-0.15, -0.1) is 0 Å². The van der Waals surface area contributed by atoms with Gasteiger partial charge in [0.15, 0.2) is 0 Å². The van der Waals surface area contributed by atoms with Gasteiger partial charge >= 0.3 is 0 Å².